The van der Waals surface area contributed by atoms with Crippen molar-refractivity contribution in [2.75, 3.05) is 17.7 Å². The number of rotatable bonds is 6. The van der Waals surface area contributed by atoms with Gasteiger partial charge in [-0.05, 0) is 48.0 Å². The quantitative estimate of drug-likeness (QED) is 0.329. The van der Waals surface area contributed by atoms with Crippen LogP contribution in [0.25, 0.3) is 0 Å². The van der Waals surface area contributed by atoms with Crippen LogP contribution in [0.15, 0.2) is 77.8 Å². The molecule has 5 N–H and O–H groups in total. The first-order chi connectivity index (χ1) is 15.4. The molecule has 32 heavy (non-hydrogen) atoms. The van der Waals surface area contributed by atoms with Crippen molar-refractivity contribution < 1.29 is 14.0 Å². The molecule has 9 heteroatoms. The summed E-state index contributed by atoms with van der Waals surface area (Å²) in [6.45, 7) is 0. The molecule has 0 radical (unpaired) electrons. The highest BCUT2D eigenvalue weighted by atomic mass is 35.5. The van der Waals surface area contributed by atoms with Gasteiger partial charge >= 0.3 is 6.03 Å². The van der Waals surface area contributed by atoms with E-state index >= 15 is 0 Å². The number of carbonyl (C=O) groups is 2. The van der Waals surface area contributed by atoms with Crippen LogP contribution in [-0.4, -0.2) is 24.8 Å². The number of benzene rings is 3. The van der Waals surface area contributed by atoms with Crippen LogP contribution < -0.4 is 21.7 Å². The van der Waals surface area contributed by atoms with Crippen molar-refractivity contribution in [3.8, 4) is 0 Å². The van der Waals surface area contributed by atoms with Crippen molar-refractivity contribution in [2.24, 2.45) is 10.7 Å². The minimum atomic E-state index is -1.08. The third-order valence-electron chi connectivity index (χ3n) is 4.54. The lowest BCUT2D eigenvalue weighted by molar-refractivity contribution is -0.118. The topological polar surface area (TPSA) is 109 Å². The van der Waals surface area contributed by atoms with Gasteiger partial charge in [0, 0.05) is 23.3 Å². The molecule has 164 valence electrons. The summed E-state index contributed by atoms with van der Waals surface area (Å²) in [5, 5.41) is 8.29. The Balaban J connectivity index is 1.79. The largest absolute Gasteiger partial charge is 0.384 e. The van der Waals surface area contributed by atoms with Gasteiger partial charge in [-0.3, -0.25) is 9.79 Å². The molecule has 0 aliphatic heterocycles. The maximum atomic E-state index is 14.5. The molecule has 0 heterocycles. The molecule has 3 aromatic carbocycles. The lowest BCUT2D eigenvalue weighted by atomic mass is 10.1. The number of anilines is 2. The third-order valence-corrected chi connectivity index (χ3v) is 4.79. The Kier molecular flexibility index (Phi) is 7.41. The number of halogens is 2. The van der Waals surface area contributed by atoms with Gasteiger partial charge in [-0.2, -0.15) is 0 Å². The van der Waals surface area contributed by atoms with Gasteiger partial charge in [-0.1, -0.05) is 41.9 Å². The SMILES string of the molecule is CN=C(N)c1ccc(NC(=O)C(NC(=O)Nc2ccc(Cl)cc2)c2ccccc2)c(F)c1. The fourth-order valence-corrected chi connectivity index (χ4v) is 3.01. The Labute approximate surface area is 189 Å². The highest BCUT2D eigenvalue weighted by molar-refractivity contribution is 6.30. The van der Waals surface area contributed by atoms with Crippen LogP contribution in [0.3, 0.4) is 0 Å². The summed E-state index contributed by atoms with van der Waals surface area (Å²) in [5.74, 6) is -1.13. The zero-order chi connectivity index (χ0) is 23.1. The molecule has 0 aliphatic carbocycles. The summed E-state index contributed by atoms with van der Waals surface area (Å²) in [6, 6.07) is 17.5. The van der Waals surface area contributed by atoms with Gasteiger partial charge in [0.15, 0.2) is 0 Å². The lowest BCUT2D eigenvalue weighted by Gasteiger charge is -2.20. The fraction of sp³-hybridized carbons (Fsp3) is 0.0870. The number of hydrogen-bond acceptors (Lipinski definition) is 3. The van der Waals surface area contributed by atoms with E-state index in [-0.39, 0.29) is 11.5 Å². The smallest absolute Gasteiger partial charge is 0.320 e. The molecule has 0 aliphatic rings. The van der Waals surface area contributed by atoms with E-state index in [1.165, 1.54) is 19.2 Å². The first-order valence-corrected chi connectivity index (χ1v) is 9.96. The molecule has 0 bridgehead atoms. The third kappa shape index (κ3) is 5.83. The summed E-state index contributed by atoms with van der Waals surface area (Å²) in [5.41, 5.74) is 7.06. The standard InChI is InChI=1S/C23H21ClFN5O2/c1-27-21(26)15-7-12-19(18(25)13-15)29-22(31)20(14-5-3-2-4-6-14)30-23(32)28-17-10-8-16(24)9-11-17/h2-13,20H,1H3,(H2,26,27)(H,29,31)(H2,28,30,32). The van der Waals surface area contributed by atoms with Crippen LogP contribution in [0.5, 0.6) is 0 Å². The van der Waals surface area contributed by atoms with Crippen molar-refractivity contribution in [1.29, 1.82) is 0 Å². The fourth-order valence-electron chi connectivity index (χ4n) is 2.89. The van der Waals surface area contributed by atoms with Gasteiger partial charge in [0.1, 0.15) is 17.7 Å². The Morgan fingerprint density at radius 2 is 1.69 bits per heavy atom. The van der Waals surface area contributed by atoms with E-state index in [2.05, 4.69) is 20.9 Å². The Hall–Kier alpha value is -3.91. The predicted molar refractivity (Wildman–Crippen MR) is 124 cm³/mol. The van der Waals surface area contributed by atoms with E-state index in [0.29, 0.717) is 21.8 Å². The number of urea groups is 1. The number of amidine groups is 1. The summed E-state index contributed by atoms with van der Waals surface area (Å²) < 4.78 is 14.5. The Bertz CT molecular complexity index is 1140. The molecule has 0 spiro atoms. The molecule has 1 unspecified atom stereocenters. The normalized spacial score (nSPS) is 12.0. The molecular formula is C23H21ClFN5O2. The van der Waals surface area contributed by atoms with Gasteiger partial charge < -0.3 is 21.7 Å². The molecule has 0 saturated carbocycles. The second kappa shape index (κ2) is 10.4. The van der Waals surface area contributed by atoms with Crippen molar-refractivity contribution in [2.45, 2.75) is 6.04 Å². The van der Waals surface area contributed by atoms with Gasteiger partial charge in [-0.25, -0.2) is 9.18 Å². The minimum absolute atomic E-state index is 0.0523. The monoisotopic (exact) mass is 453 g/mol. The predicted octanol–water partition coefficient (Wildman–Crippen LogP) is 4.32. The molecule has 0 aromatic heterocycles. The van der Waals surface area contributed by atoms with Crippen molar-refractivity contribution in [3.63, 3.8) is 0 Å². The number of amides is 3. The number of nitrogens with one attached hydrogen (secondary N) is 3. The Morgan fingerprint density at radius 3 is 2.31 bits per heavy atom. The van der Waals surface area contributed by atoms with E-state index in [4.69, 9.17) is 17.3 Å². The number of nitrogens with zero attached hydrogens (tertiary/aromatic N) is 1. The summed E-state index contributed by atoms with van der Waals surface area (Å²) >= 11 is 5.85. The molecule has 1 atom stereocenters. The highest BCUT2D eigenvalue weighted by Gasteiger charge is 2.24. The first-order valence-electron chi connectivity index (χ1n) is 9.58. The van der Waals surface area contributed by atoms with E-state index in [1.54, 1.807) is 60.7 Å². The van der Waals surface area contributed by atoms with Gasteiger partial charge in [0.2, 0.25) is 0 Å². The second-order valence-corrected chi connectivity index (χ2v) is 7.18. The number of carbonyl (C=O) groups excluding carboxylic acids is 2. The zero-order valence-electron chi connectivity index (χ0n) is 17.1. The van der Waals surface area contributed by atoms with E-state index in [9.17, 15) is 14.0 Å². The van der Waals surface area contributed by atoms with Crippen LogP contribution in [0.1, 0.15) is 17.2 Å². The maximum absolute atomic E-state index is 14.5. The lowest BCUT2D eigenvalue weighted by Crippen LogP contribution is -2.39. The summed E-state index contributed by atoms with van der Waals surface area (Å²) in [7, 11) is 1.49. The molecular weight excluding hydrogens is 433 g/mol. The van der Waals surface area contributed by atoms with Crippen LogP contribution in [0.2, 0.25) is 5.02 Å². The zero-order valence-corrected chi connectivity index (χ0v) is 17.9. The van der Waals surface area contributed by atoms with Crippen LogP contribution in [0.4, 0.5) is 20.6 Å². The second-order valence-electron chi connectivity index (χ2n) is 6.74. The highest BCUT2D eigenvalue weighted by Crippen LogP contribution is 2.20. The van der Waals surface area contributed by atoms with E-state index in [0.717, 1.165) is 0 Å². The molecule has 0 saturated heterocycles. The van der Waals surface area contributed by atoms with Gasteiger partial charge in [0.05, 0.1) is 5.69 Å². The summed E-state index contributed by atoms with van der Waals surface area (Å²) in [4.78, 5) is 29.3. The average molecular weight is 454 g/mol. The van der Waals surface area contributed by atoms with Crippen LogP contribution >= 0.6 is 11.6 Å². The van der Waals surface area contributed by atoms with Crippen molar-refractivity contribution in [3.05, 3.63) is 94.8 Å². The first kappa shape index (κ1) is 22.8. The number of hydrogen-bond donors (Lipinski definition) is 4. The Morgan fingerprint density at radius 1 is 1.00 bits per heavy atom. The molecule has 3 amide bonds. The van der Waals surface area contributed by atoms with E-state index < -0.39 is 23.8 Å². The van der Waals surface area contributed by atoms with Crippen molar-refractivity contribution in [1.82, 2.24) is 5.32 Å². The average Bonchev–Trinajstić information content (AvgIpc) is 2.80. The molecule has 3 rings (SSSR count). The molecule has 0 fully saturated rings. The molecule has 7 nitrogen and oxygen atoms in total. The van der Waals surface area contributed by atoms with Crippen molar-refractivity contribution >= 4 is 40.7 Å². The maximum Gasteiger partial charge on any atom is 0.320 e. The minimum Gasteiger partial charge on any atom is -0.384 e. The number of aliphatic imine (C=N–C) groups is 1. The van der Waals surface area contributed by atoms with Crippen LogP contribution in [-0.2, 0) is 4.79 Å². The summed E-state index contributed by atoms with van der Waals surface area (Å²) in [6.07, 6.45) is 0. The van der Waals surface area contributed by atoms with Crippen LogP contribution in [0, 0.1) is 5.82 Å². The van der Waals surface area contributed by atoms with Gasteiger partial charge in [-0.15, -0.1) is 0 Å². The van der Waals surface area contributed by atoms with Gasteiger partial charge in [0.25, 0.3) is 5.91 Å². The van der Waals surface area contributed by atoms with E-state index in [1.807, 2.05) is 0 Å². The molecule has 3 aromatic rings. The number of nitrogens with two attached hydrogens (primary N) is 1.